The number of nitrogens with one attached hydrogen (secondary N) is 1. The fraction of sp³-hybridized carbons (Fsp3) is 0.786. The molecule has 0 radical (unpaired) electrons. The number of rotatable bonds is 3. The van der Waals surface area contributed by atoms with Gasteiger partial charge in [0.05, 0.1) is 19.4 Å². The van der Waals surface area contributed by atoms with Crippen molar-refractivity contribution in [2.45, 2.75) is 37.9 Å². The average Bonchev–Trinajstić information content (AvgIpc) is 2.92. The summed E-state index contributed by atoms with van der Waals surface area (Å²) in [5.74, 6) is 1.58. The van der Waals surface area contributed by atoms with E-state index in [1.807, 2.05) is 11.8 Å². The van der Waals surface area contributed by atoms with Gasteiger partial charge in [-0.2, -0.15) is 0 Å². The fourth-order valence-corrected chi connectivity index (χ4v) is 7.41. The van der Waals surface area contributed by atoms with Gasteiger partial charge in [0.25, 0.3) is 0 Å². The van der Waals surface area contributed by atoms with Crippen LogP contribution in [-0.2, 0) is 27.7 Å². The zero-order chi connectivity index (χ0) is 17.4. The van der Waals surface area contributed by atoms with Crippen molar-refractivity contribution in [3.8, 4) is 0 Å². The Morgan fingerprint density at radius 2 is 2.32 bits per heavy atom. The summed E-state index contributed by atoms with van der Waals surface area (Å²) in [5.41, 5.74) is 0. The van der Waals surface area contributed by atoms with Crippen molar-refractivity contribution in [2.24, 2.45) is 5.92 Å². The summed E-state index contributed by atoms with van der Waals surface area (Å²) in [6.07, 6.45) is 2.98. The van der Waals surface area contributed by atoms with E-state index in [1.165, 1.54) is 6.08 Å². The Hall–Kier alpha value is -0.220. The molecule has 6 atom stereocenters. The Balaban J connectivity index is 1.41. The van der Waals surface area contributed by atoms with Gasteiger partial charge in [-0.1, -0.05) is 28.5 Å². The van der Waals surface area contributed by atoms with Crippen LogP contribution in [0.15, 0.2) is 12.3 Å². The lowest BCUT2D eigenvalue weighted by Gasteiger charge is -2.34. The highest BCUT2D eigenvalue weighted by Gasteiger charge is 2.53. The summed E-state index contributed by atoms with van der Waals surface area (Å²) in [6.45, 7) is 2.54. The third-order valence-electron chi connectivity index (χ3n) is 4.62. The van der Waals surface area contributed by atoms with Crippen LogP contribution in [0.3, 0.4) is 0 Å². The molecule has 4 aliphatic heterocycles. The molecule has 140 valence electrons. The van der Waals surface area contributed by atoms with Gasteiger partial charge < -0.3 is 15.0 Å². The second-order valence-electron chi connectivity index (χ2n) is 6.39. The zero-order valence-corrected chi connectivity index (χ0v) is 16.3. The van der Waals surface area contributed by atoms with E-state index in [4.69, 9.17) is 18.3 Å². The summed E-state index contributed by atoms with van der Waals surface area (Å²) in [5, 5.41) is 2.75. The number of hydrogen-bond acceptors (Lipinski definition) is 9. The van der Waals surface area contributed by atoms with E-state index in [0.29, 0.717) is 6.67 Å². The number of ether oxygens (including phenoxy) is 1. The normalized spacial score (nSPS) is 44.4. The molecule has 1 amide bonds. The molecule has 4 heterocycles. The van der Waals surface area contributed by atoms with Crippen LogP contribution in [0.25, 0.3) is 0 Å². The molecule has 0 aromatic heterocycles. The molecular formula is C14H21N2O6PS2. The van der Waals surface area contributed by atoms with Gasteiger partial charge in [-0.15, -0.1) is 0 Å². The number of phosphoric acid groups is 1. The highest BCUT2D eigenvalue weighted by atomic mass is 33.1. The molecule has 11 heteroatoms. The first-order valence-electron chi connectivity index (χ1n) is 8.27. The SMILES string of the molecule is CC1C2OP(=O)(OC3CCSSC3)OCC2OC1N1C=CC(=O)NC1. The van der Waals surface area contributed by atoms with Gasteiger partial charge >= 0.3 is 7.82 Å². The molecule has 4 aliphatic rings. The smallest absolute Gasteiger partial charge is 0.350 e. The molecule has 0 spiro atoms. The average molecular weight is 408 g/mol. The van der Waals surface area contributed by atoms with E-state index in [9.17, 15) is 9.36 Å². The van der Waals surface area contributed by atoms with Crippen molar-refractivity contribution in [3.63, 3.8) is 0 Å². The first kappa shape index (κ1) is 18.2. The molecule has 4 rings (SSSR count). The van der Waals surface area contributed by atoms with Crippen LogP contribution >= 0.6 is 29.4 Å². The van der Waals surface area contributed by atoms with Crippen LogP contribution in [0.1, 0.15) is 13.3 Å². The molecule has 3 fully saturated rings. The maximum atomic E-state index is 12.9. The van der Waals surface area contributed by atoms with E-state index >= 15 is 0 Å². The Kier molecular flexibility index (Phi) is 5.39. The molecule has 25 heavy (non-hydrogen) atoms. The zero-order valence-electron chi connectivity index (χ0n) is 13.7. The van der Waals surface area contributed by atoms with Gasteiger partial charge in [0.1, 0.15) is 18.4 Å². The molecule has 0 saturated carbocycles. The molecule has 0 aliphatic carbocycles. The standard InChI is InChI=1S/C14H21N2O6PS2/c1-9-13-11(20-14(9)16-4-2-12(17)15-8-16)6-19-23(18,22-13)21-10-3-5-24-25-7-10/h2,4,9-11,13-14H,3,5-8H2,1H3,(H,15,17). The van der Waals surface area contributed by atoms with Gasteiger partial charge in [-0.25, -0.2) is 4.57 Å². The Labute approximate surface area is 154 Å². The molecule has 0 aromatic rings. The first-order valence-corrected chi connectivity index (χ1v) is 12.2. The minimum atomic E-state index is -3.57. The topological polar surface area (TPSA) is 86.3 Å². The van der Waals surface area contributed by atoms with Crippen molar-refractivity contribution in [2.75, 3.05) is 24.8 Å². The van der Waals surface area contributed by atoms with Gasteiger partial charge in [0, 0.05) is 29.7 Å². The summed E-state index contributed by atoms with van der Waals surface area (Å²) < 4.78 is 35.9. The molecule has 8 nitrogen and oxygen atoms in total. The Morgan fingerprint density at radius 3 is 3.04 bits per heavy atom. The summed E-state index contributed by atoms with van der Waals surface area (Å²) in [7, 11) is -0.0638. The predicted octanol–water partition coefficient (Wildman–Crippen LogP) is 1.94. The van der Waals surface area contributed by atoms with Crippen molar-refractivity contribution in [1.29, 1.82) is 0 Å². The molecule has 0 bridgehead atoms. The second-order valence-corrected chi connectivity index (χ2v) is 10.6. The third-order valence-corrected chi connectivity index (χ3v) is 8.62. The number of carbonyl (C=O) groups is 1. The second kappa shape index (κ2) is 7.42. The van der Waals surface area contributed by atoms with Crippen LogP contribution in [0.2, 0.25) is 0 Å². The summed E-state index contributed by atoms with van der Waals surface area (Å²) in [6, 6.07) is 0. The summed E-state index contributed by atoms with van der Waals surface area (Å²) >= 11 is 0. The largest absolute Gasteiger partial charge is 0.475 e. The van der Waals surface area contributed by atoms with Crippen molar-refractivity contribution in [1.82, 2.24) is 10.2 Å². The monoisotopic (exact) mass is 408 g/mol. The number of phosphoric ester groups is 1. The predicted molar refractivity (Wildman–Crippen MR) is 94.7 cm³/mol. The van der Waals surface area contributed by atoms with Gasteiger partial charge in [0.2, 0.25) is 5.91 Å². The van der Waals surface area contributed by atoms with E-state index in [0.717, 1.165) is 17.9 Å². The van der Waals surface area contributed by atoms with Crippen LogP contribution in [-0.4, -0.2) is 60.1 Å². The first-order chi connectivity index (χ1) is 12.0. The van der Waals surface area contributed by atoms with Crippen LogP contribution in [0.5, 0.6) is 0 Å². The van der Waals surface area contributed by atoms with Crippen LogP contribution < -0.4 is 5.32 Å². The minimum Gasteiger partial charge on any atom is -0.350 e. The van der Waals surface area contributed by atoms with Crippen LogP contribution in [0, 0.1) is 5.92 Å². The molecule has 3 saturated heterocycles. The lowest BCUT2D eigenvalue weighted by molar-refractivity contribution is -0.120. The molecule has 6 unspecified atom stereocenters. The number of amides is 1. The number of fused-ring (bicyclic) bond motifs is 1. The van der Waals surface area contributed by atoms with Gasteiger partial charge in [-0.05, 0) is 6.42 Å². The lowest BCUT2D eigenvalue weighted by Crippen LogP contribution is -2.45. The van der Waals surface area contributed by atoms with E-state index in [2.05, 4.69) is 5.32 Å². The fourth-order valence-electron chi connectivity index (χ4n) is 3.29. The van der Waals surface area contributed by atoms with Crippen LogP contribution in [0.4, 0.5) is 0 Å². The van der Waals surface area contributed by atoms with E-state index in [1.54, 1.807) is 27.8 Å². The van der Waals surface area contributed by atoms with Gasteiger partial charge in [0.15, 0.2) is 0 Å². The third kappa shape index (κ3) is 3.90. The highest BCUT2D eigenvalue weighted by Crippen LogP contribution is 2.58. The molecule has 1 N–H and O–H groups in total. The Morgan fingerprint density at radius 1 is 1.44 bits per heavy atom. The van der Waals surface area contributed by atoms with E-state index in [-0.39, 0.29) is 43.0 Å². The van der Waals surface area contributed by atoms with Crippen molar-refractivity contribution < 1.29 is 27.7 Å². The number of nitrogens with zero attached hydrogens (tertiary/aromatic N) is 1. The highest BCUT2D eigenvalue weighted by molar-refractivity contribution is 8.76. The quantitative estimate of drug-likeness (QED) is 0.556. The molecular weight excluding hydrogens is 387 g/mol. The number of hydrogen-bond donors (Lipinski definition) is 1. The molecule has 0 aromatic carbocycles. The maximum Gasteiger partial charge on any atom is 0.475 e. The lowest BCUT2D eigenvalue weighted by atomic mass is 10.0. The van der Waals surface area contributed by atoms with Gasteiger partial charge in [-0.3, -0.25) is 18.4 Å². The minimum absolute atomic E-state index is 0.0400. The maximum absolute atomic E-state index is 12.9. The van der Waals surface area contributed by atoms with E-state index < -0.39 is 7.82 Å². The van der Waals surface area contributed by atoms with Crippen molar-refractivity contribution >= 4 is 35.3 Å². The van der Waals surface area contributed by atoms with Crippen molar-refractivity contribution in [3.05, 3.63) is 12.3 Å². The Bertz CT molecular complexity index is 602. The summed E-state index contributed by atoms with van der Waals surface area (Å²) in [4.78, 5) is 13.2. The number of carbonyl (C=O) groups excluding carboxylic acids is 1.